The molecule has 1 aliphatic rings. The zero-order valence-electron chi connectivity index (χ0n) is 10.2. The highest BCUT2D eigenvalue weighted by molar-refractivity contribution is 5.94. The molecule has 18 heavy (non-hydrogen) atoms. The van der Waals surface area contributed by atoms with E-state index in [1.165, 1.54) is 0 Å². The molecule has 5 nitrogen and oxygen atoms in total. The Morgan fingerprint density at radius 1 is 1.33 bits per heavy atom. The van der Waals surface area contributed by atoms with Crippen molar-refractivity contribution in [2.24, 2.45) is 11.8 Å². The number of hydrogen-bond acceptors (Lipinski definition) is 3. The Morgan fingerprint density at radius 3 is 2.72 bits per heavy atom. The second kappa shape index (κ2) is 5.16. The van der Waals surface area contributed by atoms with Crippen LogP contribution in [0.5, 0.6) is 0 Å². The summed E-state index contributed by atoms with van der Waals surface area (Å²) in [5.74, 6) is -1.64. The molecule has 1 aromatic rings. The molecule has 1 fully saturated rings. The molecular formula is C13H16N2O3. The van der Waals surface area contributed by atoms with Crippen LogP contribution in [-0.2, 0) is 9.59 Å². The van der Waals surface area contributed by atoms with Crippen LogP contribution in [0.15, 0.2) is 18.2 Å². The first-order chi connectivity index (χ1) is 8.58. The fourth-order valence-electron chi connectivity index (χ4n) is 2.40. The van der Waals surface area contributed by atoms with Crippen molar-refractivity contribution in [1.29, 1.82) is 0 Å². The molecule has 1 aromatic heterocycles. The summed E-state index contributed by atoms with van der Waals surface area (Å²) in [6, 6.07) is 5.35. The Kier molecular flexibility index (Phi) is 3.60. The average Bonchev–Trinajstić information content (AvgIpc) is 2.77. The summed E-state index contributed by atoms with van der Waals surface area (Å²) in [6.07, 6.45) is 2.00. The van der Waals surface area contributed by atoms with Crippen LogP contribution in [-0.4, -0.2) is 22.0 Å². The predicted molar refractivity (Wildman–Crippen MR) is 66.1 cm³/mol. The Bertz CT molecular complexity index is 473. The molecule has 2 rings (SSSR count). The van der Waals surface area contributed by atoms with Gasteiger partial charge in [0.15, 0.2) is 0 Å². The van der Waals surface area contributed by atoms with E-state index in [9.17, 15) is 9.59 Å². The first kappa shape index (κ1) is 12.5. The fraction of sp³-hybridized carbons (Fsp3) is 0.462. The number of aliphatic carboxylic acids is 1. The van der Waals surface area contributed by atoms with Gasteiger partial charge in [-0.05, 0) is 31.9 Å². The smallest absolute Gasteiger partial charge is 0.307 e. The van der Waals surface area contributed by atoms with Gasteiger partial charge in [0.2, 0.25) is 5.91 Å². The van der Waals surface area contributed by atoms with Crippen LogP contribution >= 0.6 is 0 Å². The van der Waals surface area contributed by atoms with Crippen molar-refractivity contribution < 1.29 is 14.7 Å². The Morgan fingerprint density at radius 2 is 2.06 bits per heavy atom. The number of nitrogens with one attached hydrogen (secondary N) is 1. The SMILES string of the molecule is Cc1cccc(NC(=O)C2CCCC2C(=O)O)n1. The molecule has 1 saturated carbocycles. The molecule has 0 aliphatic heterocycles. The summed E-state index contributed by atoms with van der Waals surface area (Å²) in [5, 5.41) is 11.7. The third kappa shape index (κ3) is 2.67. The molecular weight excluding hydrogens is 232 g/mol. The van der Waals surface area contributed by atoms with Crippen LogP contribution in [0.3, 0.4) is 0 Å². The van der Waals surface area contributed by atoms with Crippen molar-refractivity contribution in [2.45, 2.75) is 26.2 Å². The van der Waals surface area contributed by atoms with E-state index >= 15 is 0 Å². The molecule has 0 bridgehead atoms. The zero-order chi connectivity index (χ0) is 13.1. The number of nitrogens with zero attached hydrogens (tertiary/aromatic N) is 1. The van der Waals surface area contributed by atoms with Gasteiger partial charge in [-0.25, -0.2) is 4.98 Å². The number of aryl methyl sites for hydroxylation is 1. The minimum absolute atomic E-state index is 0.238. The number of rotatable bonds is 3. The number of carbonyl (C=O) groups excluding carboxylic acids is 1. The van der Waals surface area contributed by atoms with Gasteiger partial charge in [0.05, 0.1) is 11.8 Å². The zero-order valence-corrected chi connectivity index (χ0v) is 10.2. The highest BCUT2D eigenvalue weighted by Gasteiger charge is 2.37. The van der Waals surface area contributed by atoms with Crippen molar-refractivity contribution in [3.05, 3.63) is 23.9 Å². The van der Waals surface area contributed by atoms with Crippen molar-refractivity contribution >= 4 is 17.7 Å². The summed E-state index contributed by atoms with van der Waals surface area (Å²) in [4.78, 5) is 27.2. The Balaban J connectivity index is 2.06. The third-order valence-electron chi connectivity index (χ3n) is 3.31. The lowest BCUT2D eigenvalue weighted by Crippen LogP contribution is -2.30. The molecule has 1 heterocycles. The van der Waals surface area contributed by atoms with Gasteiger partial charge < -0.3 is 10.4 Å². The highest BCUT2D eigenvalue weighted by Crippen LogP contribution is 2.32. The third-order valence-corrected chi connectivity index (χ3v) is 3.31. The summed E-state index contributed by atoms with van der Waals surface area (Å²) >= 11 is 0. The van der Waals surface area contributed by atoms with Crippen LogP contribution in [0.25, 0.3) is 0 Å². The van der Waals surface area contributed by atoms with E-state index in [-0.39, 0.29) is 5.91 Å². The number of hydrogen-bond donors (Lipinski definition) is 2. The monoisotopic (exact) mass is 248 g/mol. The molecule has 0 aromatic carbocycles. The number of aromatic nitrogens is 1. The van der Waals surface area contributed by atoms with Crippen LogP contribution in [0.4, 0.5) is 5.82 Å². The molecule has 1 amide bonds. The maximum atomic E-state index is 12.0. The summed E-state index contributed by atoms with van der Waals surface area (Å²) in [7, 11) is 0. The molecule has 2 atom stereocenters. The number of carboxylic acids is 1. The molecule has 2 unspecified atom stereocenters. The lowest BCUT2D eigenvalue weighted by molar-refractivity contribution is -0.145. The minimum Gasteiger partial charge on any atom is -0.481 e. The minimum atomic E-state index is -0.884. The molecule has 2 N–H and O–H groups in total. The molecule has 0 radical (unpaired) electrons. The molecule has 96 valence electrons. The standard InChI is InChI=1S/C13H16N2O3/c1-8-4-2-7-11(14-8)15-12(16)9-5-3-6-10(9)13(17)18/h2,4,7,9-10H,3,5-6H2,1H3,(H,17,18)(H,14,15,16). The predicted octanol–water partition coefficient (Wildman–Crippen LogP) is 1.83. The second-order valence-corrected chi connectivity index (χ2v) is 4.64. The van der Waals surface area contributed by atoms with Crippen molar-refractivity contribution in [3.8, 4) is 0 Å². The van der Waals surface area contributed by atoms with Crippen molar-refractivity contribution in [2.75, 3.05) is 5.32 Å². The first-order valence-electron chi connectivity index (χ1n) is 6.05. The lowest BCUT2D eigenvalue weighted by Gasteiger charge is -2.15. The summed E-state index contributed by atoms with van der Waals surface area (Å²) in [5.41, 5.74) is 0.814. The summed E-state index contributed by atoms with van der Waals surface area (Å²) < 4.78 is 0. The van der Waals surface area contributed by atoms with E-state index in [2.05, 4.69) is 10.3 Å². The largest absolute Gasteiger partial charge is 0.481 e. The van der Waals surface area contributed by atoms with Crippen LogP contribution in [0.2, 0.25) is 0 Å². The van der Waals surface area contributed by atoms with E-state index in [0.717, 1.165) is 12.1 Å². The van der Waals surface area contributed by atoms with Gasteiger partial charge in [-0.3, -0.25) is 9.59 Å². The lowest BCUT2D eigenvalue weighted by atomic mass is 9.95. The first-order valence-corrected chi connectivity index (χ1v) is 6.05. The Labute approximate surface area is 105 Å². The maximum Gasteiger partial charge on any atom is 0.307 e. The number of carbonyl (C=O) groups is 2. The van der Waals surface area contributed by atoms with E-state index in [0.29, 0.717) is 18.7 Å². The maximum absolute atomic E-state index is 12.0. The van der Waals surface area contributed by atoms with Gasteiger partial charge in [0.25, 0.3) is 0 Å². The topological polar surface area (TPSA) is 79.3 Å². The van der Waals surface area contributed by atoms with Gasteiger partial charge >= 0.3 is 5.97 Å². The van der Waals surface area contributed by atoms with E-state index < -0.39 is 17.8 Å². The Hall–Kier alpha value is -1.91. The number of pyridine rings is 1. The van der Waals surface area contributed by atoms with Gasteiger partial charge in [-0.2, -0.15) is 0 Å². The van der Waals surface area contributed by atoms with Crippen molar-refractivity contribution in [3.63, 3.8) is 0 Å². The van der Waals surface area contributed by atoms with E-state index in [1.807, 2.05) is 13.0 Å². The van der Waals surface area contributed by atoms with Crippen LogP contribution < -0.4 is 5.32 Å². The van der Waals surface area contributed by atoms with Gasteiger partial charge in [0.1, 0.15) is 5.82 Å². The van der Waals surface area contributed by atoms with Crippen LogP contribution in [0, 0.1) is 18.8 Å². The molecule has 1 aliphatic carbocycles. The highest BCUT2D eigenvalue weighted by atomic mass is 16.4. The van der Waals surface area contributed by atoms with Crippen molar-refractivity contribution in [1.82, 2.24) is 4.98 Å². The molecule has 5 heteroatoms. The van der Waals surface area contributed by atoms with Gasteiger partial charge in [0, 0.05) is 5.69 Å². The van der Waals surface area contributed by atoms with E-state index in [4.69, 9.17) is 5.11 Å². The van der Waals surface area contributed by atoms with Gasteiger partial charge in [-0.1, -0.05) is 12.5 Å². The molecule has 0 spiro atoms. The van der Waals surface area contributed by atoms with E-state index in [1.54, 1.807) is 12.1 Å². The number of carboxylic acid groups (broad SMARTS) is 1. The molecule has 0 saturated heterocycles. The number of anilines is 1. The summed E-state index contributed by atoms with van der Waals surface area (Å²) in [6.45, 7) is 1.84. The quantitative estimate of drug-likeness (QED) is 0.855. The average molecular weight is 248 g/mol. The normalized spacial score (nSPS) is 22.7. The van der Waals surface area contributed by atoms with Crippen LogP contribution in [0.1, 0.15) is 25.0 Å². The number of amides is 1. The fourth-order valence-corrected chi connectivity index (χ4v) is 2.40. The second-order valence-electron chi connectivity index (χ2n) is 4.64. The van der Waals surface area contributed by atoms with Gasteiger partial charge in [-0.15, -0.1) is 0 Å².